The van der Waals surface area contributed by atoms with Crippen LogP contribution >= 0.6 is 11.3 Å². The normalized spacial score (nSPS) is 12.6. The van der Waals surface area contributed by atoms with Gasteiger partial charge in [-0.15, -0.1) is 11.3 Å². The van der Waals surface area contributed by atoms with Crippen LogP contribution in [0, 0.1) is 0 Å². The Morgan fingerprint density at radius 2 is 2.29 bits per heavy atom. The van der Waals surface area contributed by atoms with Crippen molar-refractivity contribution >= 4 is 11.3 Å². The van der Waals surface area contributed by atoms with E-state index in [9.17, 15) is 0 Å². The molecule has 17 heavy (non-hydrogen) atoms. The van der Waals surface area contributed by atoms with Crippen LogP contribution in [0.2, 0.25) is 0 Å². The number of aryl methyl sites for hydroxylation is 1. The molecule has 5 heteroatoms. The SMILES string of the molecule is CCc1cnccc1C(Cc1cncs1)NN. The number of nitrogens with zero attached hydrogens (tertiary/aromatic N) is 2. The molecule has 0 bridgehead atoms. The fourth-order valence-corrected chi connectivity index (χ4v) is 2.52. The van der Waals surface area contributed by atoms with Crippen molar-refractivity contribution in [3.8, 4) is 0 Å². The molecule has 0 aliphatic carbocycles. The second-order valence-electron chi connectivity index (χ2n) is 3.82. The molecule has 0 aromatic carbocycles. The fourth-order valence-electron chi connectivity index (χ4n) is 1.88. The smallest absolute Gasteiger partial charge is 0.0794 e. The van der Waals surface area contributed by atoms with Gasteiger partial charge in [-0.1, -0.05) is 6.92 Å². The van der Waals surface area contributed by atoms with E-state index in [1.165, 1.54) is 16.0 Å². The summed E-state index contributed by atoms with van der Waals surface area (Å²) < 4.78 is 0. The van der Waals surface area contributed by atoms with E-state index >= 15 is 0 Å². The molecule has 2 heterocycles. The summed E-state index contributed by atoms with van der Waals surface area (Å²) in [7, 11) is 0. The molecule has 2 aromatic rings. The van der Waals surface area contributed by atoms with Crippen LogP contribution in [0.15, 0.2) is 30.2 Å². The molecule has 1 atom stereocenters. The Morgan fingerprint density at radius 3 is 2.94 bits per heavy atom. The van der Waals surface area contributed by atoms with Crippen molar-refractivity contribution in [3.05, 3.63) is 46.2 Å². The average Bonchev–Trinajstić information content (AvgIpc) is 2.89. The number of pyridine rings is 1. The molecule has 0 aliphatic heterocycles. The van der Waals surface area contributed by atoms with Gasteiger partial charge in [0.25, 0.3) is 0 Å². The van der Waals surface area contributed by atoms with E-state index in [-0.39, 0.29) is 6.04 Å². The maximum Gasteiger partial charge on any atom is 0.0794 e. The molecule has 0 spiro atoms. The number of nitrogens with two attached hydrogens (primary N) is 1. The predicted octanol–water partition coefficient (Wildman–Crippen LogP) is 1.85. The molecule has 4 nitrogen and oxygen atoms in total. The summed E-state index contributed by atoms with van der Waals surface area (Å²) in [5.74, 6) is 5.66. The lowest BCUT2D eigenvalue weighted by molar-refractivity contribution is 0.550. The summed E-state index contributed by atoms with van der Waals surface area (Å²) in [6.07, 6.45) is 7.43. The van der Waals surface area contributed by atoms with E-state index in [0.717, 1.165) is 12.8 Å². The van der Waals surface area contributed by atoms with Crippen molar-refractivity contribution in [1.82, 2.24) is 15.4 Å². The van der Waals surface area contributed by atoms with Gasteiger partial charge < -0.3 is 0 Å². The third kappa shape index (κ3) is 2.88. The molecule has 90 valence electrons. The minimum Gasteiger partial charge on any atom is -0.271 e. The van der Waals surface area contributed by atoms with Gasteiger partial charge >= 0.3 is 0 Å². The van der Waals surface area contributed by atoms with Gasteiger partial charge in [-0.25, -0.2) is 0 Å². The van der Waals surface area contributed by atoms with E-state index in [2.05, 4.69) is 22.3 Å². The number of rotatable bonds is 5. The molecule has 0 fully saturated rings. The molecule has 2 rings (SSSR count). The lowest BCUT2D eigenvalue weighted by Gasteiger charge is -2.18. The summed E-state index contributed by atoms with van der Waals surface area (Å²) in [6.45, 7) is 2.13. The quantitative estimate of drug-likeness (QED) is 0.626. The zero-order valence-corrected chi connectivity index (χ0v) is 10.6. The highest BCUT2D eigenvalue weighted by molar-refractivity contribution is 7.09. The van der Waals surface area contributed by atoms with Crippen LogP contribution in [-0.2, 0) is 12.8 Å². The molecule has 0 radical (unpaired) electrons. The predicted molar refractivity (Wildman–Crippen MR) is 69.5 cm³/mol. The molecule has 0 aliphatic rings. The molecule has 1 unspecified atom stereocenters. The third-order valence-electron chi connectivity index (χ3n) is 2.79. The maximum absolute atomic E-state index is 5.66. The Hall–Kier alpha value is -1.30. The summed E-state index contributed by atoms with van der Waals surface area (Å²) in [5, 5.41) is 0. The number of hydrogen-bond donors (Lipinski definition) is 2. The van der Waals surface area contributed by atoms with Gasteiger partial charge in [0.1, 0.15) is 0 Å². The van der Waals surface area contributed by atoms with Crippen molar-refractivity contribution in [2.24, 2.45) is 5.84 Å². The molecule has 2 aromatic heterocycles. The van der Waals surface area contributed by atoms with Crippen molar-refractivity contribution < 1.29 is 0 Å². The topological polar surface area (TPSA) is 63.8 Å². The van der Waals surface area contributed by atoms with Crippen LogP contribution in [-0.4, -0.2) is 9.97 Å². The van der Waals surface area contributed by atoms with Gasteiger partial charge in [0, 0.05) is 29.9 Å². The van der Waals surface area contributed by atoms with Gasteiger partial charge in [0.15, 0.2) is 0 Å². The first kappa shape index (κ1) is 12.2. The zero-order chi connectivity index (χ0) is 12.1. The Balaban J connectivity index is 2.22. The van der Waals surface area contributed by atoms with Crippen molar-refractivity contribution in [3.63, 3.8) is 0 Å². The second-order valence-corrected chi connectivity index (χ2v) is 4.79. The van der Waals surface area contributed by atoms with Gasteiger partial charge in [0.05, 0.1) is 11.6 Å². The molecule has 0 amide bonds. The standard InChI is InChI=1S/C12H16N4S/c1-2-9-6-14-4-3-11(9)12(16-13)5-10-7-15-8-17-10/h3-4,6-8,12,16H,2,5,13H2,1H3. The molecule has 0 saturated heterocycles. The van der Waals surface area contributed by atoms with Crippen LogP contribution in [0.5, 0.6) is 0 Å². The number of thiazole rings is 1. The molecule has 0 saturated carbocycles. The minimum absolute atomic E-state index is 0.119. The Bertz CT molecular complexity index is 455. The van der Waals surface area contributed by atoms with E-state index in [1.54, 1.807) is 11.3 Å². The van der Waals surface area contributed by atoms with E-state index in [4.69, 9.17) is 5.84 Å². The lowest BCUT2D eigenvalue weighted by atomic mass is 9.98. The van der Waals surface area contributed by atoms with Gasteiger partial charge in [-0.05, 0) is 23.6 Å². The van der Waals surface area contributed by atoms with Crippen molar-refractivity contribution in [2.45, 2.75) is 25.8 Å². The van der Waals surface area contributed by atoms with E-state index < -0.39 is 0 Å². The first-order valence-electron chi connectivity index (χ1n) is 5.61. The van der Waals surface area contributed by atoms with Crippen LogP contribution < -0.4 is 11.3 Å². The van der Waals surface area contributed by atoms with Crippen LogP contribution in [0.3, 0.4) is 0 Å². The number of nitrogens with one attached hydrogen (secondary N) is 1. The first-order valence-corrected chi connectivity index (χ1v) is 6.49. The largest absolute Gasteiger partial charge is 0.271 e. The van der Waals surface area contributed by atoms with Gasteiger partial charge in [0.2, 0.25) is 0 Å². The molecule has 3 N–H and O–H groups in total. The first-order chi connectivity index (χ1) is 8.35. The number of hydrazine groups is 1. The summed E-state index contributed by atoms with van der Waals surface area (Å²) in [4.78, 5) is 9.46. The van der Waals surface area contributed by atoms with Gasteiger partial charge in [-0.3, -0.25) is 21.2 Å². The summed E-state index contributed by atoms with van der Waals surface area (Å²) >= 11 is 1.65. The summed E-state index contributed by atoms with van der Waals surface area (Å²) in [6, 6.07) is 2.15. The highest BCUT2D eigenvalue weighted by atomic mass is 32.1. The van der Waals surface area contributed by atoms with E-state index in [0.29, 0.717) is 0 Å². The Morgan fingerprint density at radius 1 is 1.41 bits per heavy atom. The highest BCUT2D eigenvalue weighted by Crippen LogP contribution is 2.22. The van der Waals surface area contributed by atoms with Crippen molar-refractivity contribution in [2.75, 3.05) is 0 Å². The monoisotopic (exact) mass is 248 g/mol. The maximum atomic E-state index is 5.66. The Labute approximate surface area is 105 Å². The second kappa shape index (κ2) is 5.86. The average molecular weight is 248 g/mol. The molecular weight excluding hydrogens is 232 g/mol. The fraction of sp³-hybridized carbons (Fsp3) is 0.333. The van der Waals surface area contributed by atoms with Crippen LogP contribution in [0.25, 0.3) is 0 Å². The number of hydrogen-bond acceptors (Lipinski definition) is 5. The third-order valence-corrected chi connectivity index (χ3v) is 3.59. The van der Waals surface area contributed by atoms with E-state index in [1.807, 2.05) is 30.2 Å². The molecular formula is C12H16N4S. The Kier molecular flexibility index (Phi) is 4.19. The number of aromatic nitrogens is 2. The van der Waals surface area contributed by atoms with Crippen LogP contribution in [0.4, 0.5) is 0 Å². The van der Waals surface area contributed by atoms with Crippen molar-refractivity contribution in [1.29, 1.82) is 0 Å². The van der Waals surface area contributed by atoms with Crippen LogP contribution in [0.1, 0.15) is 29.0 Å². The van der Waals surface area contributed by atoms with Gasteiger partial charge in [-0.2, -0.15) is 0 Å². The zero-order valence-electron chi connectivity index (χ0n) is 9.76. The summed E-state index contributed by atoms with van der Waals surface area (Å²) in [5.41, 5.74) is 7.18. The minimum atomic E-state index is 0.119. The highest BCUT2D eigenvalue weighted by Gasteiger charge is 2.14. The lowest BCUT2D eigenvalue weighted by Crippen LogP contribution is -2.30.